The van der Waals surface area contributed by atoms with E-state index in [0.717, 1.165) is 11.3 Å². The van der Waals surface area contributed by atoms with E-state index in [9.17, 15) is 4.79 Å². The van der Waals surface area contributed by atoms with Gasteiger partial charge in [-0.1, -0.05) is 28.9 Å². The number of oxime groups is 1. The van der Waals surface area contributed by atoms with Crippen LogP contribution in [0.1, 0.15) is 25.8 Å². The standard InChI is InChI=1S/C14H17ClN2O2/c1-3-17(4-2)14(18)13-9-12(16-19-13)10-5-7-11(15)8-6-10/h5-8,13H,3-4,9H2,1-2H3. The topological polar surface area (TPSA) is 41.9 Å². The first-order valence-electron chi connectivity index (χ1n) is 6.43. The lowest BCUT2D eigenvalue weighted by Crippen LogP contribution is -2.39. The molecule has 0 N–H and O–H groups in total. The molecule has 1 aliphatic rings. The lowest BCUT2D eigenvalue weighted by molar-refractivity contribution is -0.141. The van der Waals surface area contributed by atoms with E-state index in [-0.39, 0.29) is 5.91 Å². The van der Waals surface area contributed by atoms with Gasteiger partial charge in [0.05, 0.1) is 5.71 Å². The molecule has 0 aromatic heterocycles. The predicted octanol–water partition coefficient (Wildman–Crippen LogP) is 2.70. The Morgan fingerprint density at radius 2 is 2.00 bits per heavy atom. The highest BCUT2D eigenvalue weighted by Crippen LogP contribution is 2.19. The zero-order chi connectivity index (χ0) is 13.8. The molecule has 0 saturated carbocycles. The second-order valence-electron chi connectivity index (χ2n) is 4.35. The average Bonchev–Trinajstić information content (AvgIpc) is 2.90. The molecule has 1 aliphatic heterocycles. The molecule has 1 aromatic carbocycles. The molecule has 4 nitrogen and oxygen atoms in total. The number of benzene rings is 1. The first kappa shape index (κ1) is 13.9. The third kappa shape index (κ3) is 3.07. The molecule has 0 saturated heterocycles. The van der Waals surface area contributed by atoms with E-state index >= 15 is 0 Å². The van der Waals surface area contributed by atoms with Gasteiger partial charge in [-0.05, 0) is 31.5 Å². The summed E-state index contributed by atoms with van der Waals surface area (Å²) in [5.41, 5.74) is 1.74. The molecule has 0 bridgehead atoms. The summed E-state index contributed by atoms with van der Waals surface area (Å²) in [6.07, 6.45) is 0.0160. The molecule has 102 valence electrons. The van der Waals surface area contributed by atoms with Crippen LogP contribution in [-0.4, -0.2) is 35.7 Å². The maximum absolute atomic E-state index is 12.1. The highest BCUT2D eigenvalue weighted by Gasteiger charge is 2.31. The van der Waals surface area contributed by atoms with E-state index in [4.69, 9.17) is 16.4 Å². The number of carbonyl (C=O) groups excluding carboxylic acids is 1. The second kappa shape index (κ2) is 6.06. The summed E-state index contributed by atoms with van der Waals surface area (Å²) in [4.78, 5) is 19.2. The van der Waals surface area contributed by atoms with Gasteiger partial charge in [-0.15, -0.1) is 0 Å². The summed E-state index contributed by atoms with van der Waals surface area (Å²) in [7, 11) is 0. The van der Waals surface area contributed by atoms with Crippen LogP contribution in [0.2, 0.25) is 5.02 Å². The van der Waals surface area contributed by atoms with Crippen molar-refractivity contribution in [3.63, 3.8) is 0 Å². The highest BCUT2D eigenvalue weighted by molar-refractivity contribution is 6.30. The van der Waals surface area contributed by atoms with Gasteiger partial charge in [0.15, 0.2) is 0 Å². The molecule has 5 heteroatoms. The van der Waals surface area contributed by atoms with E-state index in [1.807, 2.05) is 26.0 Å². The number of nitrogens with zero attached hydrogens (tertiary/aromatic N) is 2. The molecular formula is C14H17ClN2O2. The molecule has 2 rings (SSSR count). The Morgan fingerprint density at radius 1 is 1.37 bits per heavy atom. The summed E-state index contributed by atoms with van der Waals surface area (Å²) < 4.78 is 0. The van der Waals surface area contributed by atoms with E-state index in [2.05, 4.69) is 5.16 Å². The van der Waals surface area contributed by atoms with Crippen molar-refractivity contribution in [3.05, 3.63) is 34.9 Å². The van der Waals surface area contributed by atoms with Crippen molar-refractivity contribution in [2.24, 2.45) is 5.16 Å². The summed E-state index contributed by atoms with van der Waals surface area (Å²) >= 11 is 5.84. The van der Waals surface area contributed by atoms with Crippen molar-refractivity contribution in [2.75, 3.05) is 13.1 Å². The van der Waals surface area contributed by atoms with Gasteiger partial charge < -0.3 is 9.74 Å². The number of likely N-dealkylation sites (N-methyl/N-ethyl adjacent to an activating group) is 1. The molecule has 1 unspecified atom stereocenters. The van der Waals surface area contributed by atoms with Gasteiger partial charge in [-0.2, -0.15) is 0 Å². The SMILES string of the molecule is CCN(CC)C(=O)C1CC(c2ccc(Cl)cc2)=NO1. The third-order valence-electron chi connectivity index (χ3n) is 3.20. The van der Waals surface area contributed by atoms with Crippen LogP contribution < -0.4 is 0 Å². The lowest BCUT2D eigenvalue weighted by Gasteiger charge is -2.20. The Bertz CT molecular complexity index is 481. The molecule has 1 heterocycles. The van der Waals surface area contributed by atoms with Crippen molar-refractivity contribution in [3.8, 4) is 0 Å². The number of rotatable bonds is 4. The van der Waals surface area contributed by atoms with Crippen molar-refractivity contribution in [1.82, 2.24) is 4.90 Å². The van der Waals surface area contributed by atoms with Crippen LogP contribution in [0.25, 0.3) is 0 Å². The number of halogens is 1. The first-order valence-corrected chi connectivity index (χ1v) is 6.81. The summed E-state index contributed by atoms with van der Waals surface area (Å²) in [5.74, 6) is -0.00212. The molecule has 0 spiro atoms. The van der Waals surface area contributed by atoms with Gasteiger partial charge >= 0.3 is 0 Å². The van der Waals surface area contributed by atoms with Gasteiger partial charge in [-0.3, -0.25) is 4.79 Å². The summed E-state index contributed by atoms with van der Waals surface area (Å²) in [6, 6.07) is 7.38. The quantitative estimate of drug-likeness (QED) is 0.851. The summed E-state index contributed by atoms with van der Waals surface area (Å²) in [6.45, 7) is 5.28. The number of hydrogen-bond acceptors (Lipinski definition) is 3. The molecule has 19 heavy (non-hydrogen) atoms. The van der Waals surface area contributed by atoms with Crippen LogP contribution in [-0.2, 0) is 9.63 Å². The van der Waals surface area contributed by atoms with Crippen LogP contribution in [0.15, 0.2) is 29.4 Å². The average molecular weight is 281 g/mol. The van der Waals surface area contributed by atoms with Gasteiger partial charge in [-0.25, -0.2) is 0 Å². The molecular weight excluding hydrogens is 264 g/mol. The molecule has 1 atom stereocenters. The maximum Gasteiger partial charge on any atom is 0.266 e. The minimum atomic E-state index is -0.495. The van der Waals surface area contributed by atoms with E-state index in [1.165, 1.54) is 0 Å². The smallest absolute Gasteiger partial charge is 0.266 e. The van der Waals surface area contributed by atoms with Crippen LogP contribution in [0.5, 0.6) is 0 Å². The second-order valence-corrected chi connectivity index (χ2v) is 4.79. The van der Waals surface area contributed by atoms with E-state index in [1.54, 1.807) is 17.0 Å². The van der Waals surface area contributed by atoms with Crippen molar-refractivity contribution in [1.29, 1.82) is 0 Å². The van der Waals surface area contributed by atoms with Crippen molar-refractivity contribution in [2.45, 2.75) is 26.4 Å². The van der Waals surface area contributed by atoms with E-state index in [0.29, 0.717) is 24.5 Å². The molecule has 0 fully saturated rings. The largest absolute Gasteiger partial charge is 0.382 e. The zero-order valence-electron chi connectivity index (χ0n) is 11.1. The molecule has 1 amide bonds. The van der Waals surface area contributed by atoms with Crippen LogP contribution >= 0.6 is 11.6 Å². The number of carbonyl (C=O) groups is 1. The Balaban J connectivity index is 2.03. The minimum absolute atomic E-state index is 0.00212. The Morgan fingerprint density at radius 3 is 2.58 bits per heavy atom. The highest BCUT2D eigenvalue weighted by atomic mass is 35.5. The van der Waals surface area contributed by atoms with E-state index < -0.39 is 6.10 Å². The zero-order valence-corrected chi connectivity index (χ0v) is 11.9. The van der Waals surface area contributed by atoms with Gasteiger partial charge in [0.1, 0.15) is 0 Å². The molecule has 0 aliphatic carbocycles. The third-order valence-corrected chi connectivity index (χ3v) is 3.45. The fourth-order valence-corrected chi connectivity index (χ4v) is 2.19. The Labute approximate surface area is 118 Å². The minimum Gasteiger partial charge on any atom is -0.382 e. The monoisotopic (exact) mass is 280 g/mol. The first-order chi connectivity index (χ1) is 9.15. The number of amides is 1. The Hall–Kier alpha value is -1.55. The van der Waals surface area contributed by atoms with Crippen molar-refractivity contribution >= 4 is 23.2 Å². The van der Waals surface area contributed by atoms with Gasteiger partial charge in [0.2, 0.25) is 6.10 Å². The van der Waals surface area contributed by atoms with Crippen LogP contribution in [0.4, 0.5) is 0 Å². The predicted molar refractivity (Wildman–Crippen MR) is 75.4 cm³/mol. The normalized spacial score (nSPS) is 17.8. The summed E-state index contributed by atoms with van der Waals surface area (Å²) in [5, 5.41) is 4.69. The fourth-order valence-electron chi connectivity index (χ4n) is 2.06. The lowest BCUT2D eigenvalue weighted by atomic mass is 10.0. The van der Waals surface area contributed by atoms with Crippen LogP contribution in [0.3, 0.4) is 0 Å². The molecule has 0 radical (unpaired) electrons. The molecule has 1 aromatic rings. The fraction of sp³-hybridized carbons (Fsp3) is 0.429. The van der Waals surface area contributed by atoms with Gasteiger partial charge in [0.25, 0.3) is 5.91 Å². The maximum atomic E-state index is 12.1. The number of hydrogen-bond donors (Lipinski definition) is 0. The van der Waals surface area contributed by atoms with Crippen LogP contribution in [0, 0.1) is 0 Å². The Kier molecular flexibility index (Phi) is 4.43. The van der Waals surface area contributed by atoms with Crippen molar-refractivity contribution < 1.29 is 9.63 Å². The van der Waals surface area contributed by atoms with Gasteiger partial charge in [0, 0.05) is 24.5 Å².